The second-order valence-corrected chi connectivity index (χ2v) is 10.7. The van der Waals surface area contributed by atoms with Crippen molar-refractivity contribution in [3.63, 3.8) is 0 Å². The van der Waals surface area contributed by atoms with E-state index in [-0.39, 0.29) is 23.7 Å². The van der Waals surface area contributed by atoms with Gasteiger partial charge in [0, 0.05) is 40.1 Å². The van der Waals surface area contributed by atoms with Gasteiger partial charge in [0.05, 0.1) is 7.11 Å². The van der Waals surface area contributed by atoms with Gasteiger partial charge in [-0.05, 0) is 86.8 Å². The van der Waals surface area contributed by atoms with Crippen LogP contribution in [0.4, 0.5) is 4.39 Å². The second-order valence-electron chi connectivity index (χ2n) is 10.3. The molecule has 5 rings (SSSR count). The molecular formula is C29H31ClFN3O2. The third kappa shape index (κ3) is 4.54. The van der Waals surface area contributed by atoms with E-state index in [9.17, 15) is 5.11 Å². The first-order valence-electron chi connectivity index (χ1n) is 12.3. The van der Waals surface area contributed by atoms with Gasteiger partial charge in [-0.15, -0.1) is 0 Å². The third-order valence-electron chi connectivity index (χ3n) is 7.49. The van der Waals surface area contributed by atoms with Crippen molar-refractivity contribution in [3.8, 4) is 16.9 Å². The minimum atomic E-state index is -1.16. The van der Waals surface area contributed by atoms with Gasteiger partial charge in [-0.2, -0.15) is 0 Å². The zero-order valence-corrected chi connectivity index (χ0v) is 21.5. The van der Waals surface area contributed by atoms with Crippen molar-refractivity contribution in [2.24, 2.45) is 11.7 Å². The highest BCUT2D eigenvalue weighted by molar-refractivity contribution is 6.31. The average Bonchev–Trinajstić information content (AvgIpc) is 3.12. The van der Waals surface area contributed by atoms with Gasteiger partial charge in [-0.1, -0.05) is 29.3 Å². The molecule has 0 bridgehead atoms. The van der Waals surface area contributed by atoms with E-state index in [2.05, 4.69) is 16.0 Å². The minimum Gasteiger partial charge on any atom is -0.496 e. The average molecular weight is 508 g/mol. The number of nitrogens with zero attached hydrogens (tertiary/aromatic N) is 2. The van der Waals surface area contributed by atoms with Gasteiger partial charge >= 0.3 is 0 Å². The van der Waals surface area contributed by atoms with E-state index in [4.69, 9.17) is 22.1 Å². The van der Waals surface area contributed by atoms with Crippen LogP contribution in [0.1, 0.15) is 55.1 Å². The number of aryl methyl sites for hydroxylation is 1. The van der Waals surface area contributed by atoms with E-state index in [0.29, 0.717) is 22.0 Å². The highest BCUT2D eigenvalue weighted by atomic mass is 35.5. The molecule has 7 heteroatoms. The van der Waals surface area contributed by atoms with E-state index >= 15 is 4.39 Å². The molecule has 188 valence electrons. The predicted octanol–water partition coefficient (Wildman–Crippen LogP) is 5.72. The maximum absolute atomic E-state index is 15.3. The summed E-state index contributed by atoms with van der Waals surface area (Å²) in [7, 11) is 1.66. The summed E-state index contributed by atoms with van der Waals surface area (Å²) in [5, 5.41) is 10.9. The van der Waals surface area contributed by atoms with Gasteiger partial charge in [0.25, 0.3) is 0 Å². The fourth-order valence-corrected chi connectivity index (χ4v) is 6.04. The van der Waals surface area contributed by atoms with Crippen LogP contribution >= 0.6 is 11.6 Å². The SMILES string of the molecule is COc1cccc(Cl)c1[C@H]1C[C@@H](N)/C2=C\CCc3cc(F)c(-c4cnc(C(C)(C)O)nc4)cc3CC21. The number of aromatic nitrogens is 2. The Labute approximate surface area is 216 Å². The summed E-state index contributed by atoms with van der Waals surface area (Å²) in [5.74, 6) is 1.01. The number of benzene rings is 2. The molecule has 0 radical (unpaired) electrons. The maximum atomic E-state index is 15.3. The van der Waals surface area contributed by atoms with E-state index < -0.39 is 5.60 Å². The molecule has 0 amide bonds. The second kappa shape index (κ2) is 9.58. The first-order chi connectivity index (χ1) is 17.2. The number of hydrogen-bond acceptors (Lipinski definition) is 5. The van der Waals surface area contributed by atoms with Crippen LogP contribution in [0.3, 0.4) is 0 Å². The lowest BCUT2D eigenvalue weighted by Gasteiger charge is -2.27. The molecule has 1 fully saturated rings. The van der Waals surface area contributed by atoms with Gasteiger partial charge in [-0.25, -0.2) is 14.4 Å². The zero-order chi connectivity index (χ0) is 25.6. The molecule has 1 aromatic heterocycles. The molecule has 0 spiro atoms. The Bertz CT molecular complexity index is 1320. The number of allylic oxidation sites excluding steroid dienone is 1. The molecule has 5 nitrogen and oxygen atoms in total. The van der Waals surface area contributed by atoms with E-state index in [1.165, 1.54) is 5.57 Å². The van der Waals surface area contributed by atoms with Gasteiger partial charge in [0.15, 0.2) is 5.82 Å². The lowest BCUT2D eigenvalue weighted by Crippen LogP contribution is -2.21. The topological polar surface area (TPSA) is 81.3 Å². The zero-order valence-electron chi connectivity index (χ0n) is 20.8. The molecule has 3 aromatic rings. The van der Waals surface area contributed by atoms with Crippen molar-refractivity contribution < 1.29 is 14.2 Å². The van der Waals surface area contributed by atoms with Crippen LogP contribution in [0.2, 0.25) is 5.02 Å². The first kappa shape index (κ1) is 24.9. The van der Waals surface area contributed by atoms with Crippen LogP contribution in [0.15, 0.2) is 54.4 Å². The molecule has 1 unspecified atom stereocenters. The van der Waals surface area contributed by atoms with Gasteiger partial charge in [0.1, 0.15) is 17.2 Å². The van der Waals surface area contributed by atoms with Crippen LogP contribution < -0.4 is 10.5 Å². The normalized spacial score (nSPS) is 23.2. The predicted molar refractivity (Wildman–Crippen MR) is 140 cm³/mol. The van der Waals surface area contributed by atoms with Crippen LogP contribution in [0.5, 0.6) is 5.75 Å². The van der Waals surface area contributed by atoms with E-state index in [1.807, 2.05) is 24.3 Å². The Morgan fingerprint density at radius 3 is 2.58 bits per heavy atom. The lowest BCUT2D eigenvalue weighted by atomic mass is 9.79. The molecule has 3 atom stereocenters. The lowest BCUT2D eigenvalue weighted by molar-refractivity contribution is 0.0687. The monoisotopic (exact) mass is 507 g/mol. The molecule has 36 heavy (non-hydrogen) atoms. The van der Waals surface area contributed by atoms with Crippen LogP contribution in [0, 0.1) is 11.7 Å². The quantitative estimate of drug-likeness (QED) is 0.441. The minimum absolute atomic E-state index is 0.0507. The number of methoxy groups -OCH3 is 1. The Kier molecular flexibility index (Phi) is 6.62. The number of fused-ring (bicyclic) bond motifs is 2. The molecule has 3 N–H and O–H groups in total. The molecule has 2 aliphatic carbocycles. The number of ether oxygens (including phenoxy) is 1. The van der Waals surface area contributed by atoms with Crippen molar-refractivity contribution in [2.75, 3.05) is 7.11 Å². The number of hydrogen-bond donors (Lipinski definition) is 2. The number of nitrogens with two attached hydrogens (primary N) is 1. The molecule has 0 aliphatic heterocycles. The number of rotatable bonds is 4. The van der Waals surface area contributed by atoms with Crippen LogP contribution in [-0.4, -0.2) is 28.2 Å². The van der Waals surface area contributed by atoms with Crippen molar-refractivity contribution in [1.82, 2.24) is 9.97 Å². The van der Waals surface area contributed by atoms with E-state index in [0.717, 1.165) is 48.1 Å². The van der Waals surface area contributed by atoms with Gasteiger partial charge < -0.3 is 15.6 Å². The van der Waals surface area contributed by atoms with Gasteiger partial charge in [-0.3, -0.25) is 0 Å². The summed E-state index contributed by atoms with van der Waals surface area (Å²) in [6.45, 7) is 3.24. The summed E-state index contributed by atoms with van der Waals surface area (Å²) in [4.78, 5) is 8.55. The van der Waals surface area contributed by atoms with E-state index in [1.54, 1.807) is 39.4 Å². The molecular weight excluding hydrogens is 477 g/mol. The summed E-state index contributed by atoms with van der Waals surface area (Å²) in [5.41, 5.74) is 10.9. The Balaban J connectivity index is 1.56. The number of aliphatic hydroxyl groups is 1. The summed E-state index contributed by atoms with van der Waals surface area (Å²) in [6, 6.07) is 9.26. The van der Waals surface area contributed by atoms with Crippen molar-refractivity contribution >= 4 is 11.6 Å². The molecule has 2 aromatic carbocycles. The first-order valence-corrected chi connectivity index (χ1v) is 12.7. The van der Waals surface area contributed by atoms with Crippen LogP contribution in [-0.2, 0) is 18.4 Å². The summed E-state index contributed by atoms with van der Waals surface area (Å²) >= 11 is 6.69. The fraction of sp³-hybridized carbons (Fsp3) is 0.379. The Morgan fingerprint density at radius 2 is 1.89 bits per heavy atom. The fourth-order valence-electron chi connectivity index (χ4n) is 5.74. The smallest absolute Gasteiger partial charge is 0.159 e. The van der Waals surface area contributed by atoms with Crippen molar-refractivity contribution in [2.45, 2.75) is 57.1 Å². The molecule has 0 saturated heterocycles. The Hall–Kier alpha value is -2.80. The third-order valence-corrected chi connectivity index (χ3v) is 7.82. The standard InChI is InChI=1S/C29H31ClFN3O2/c1-29(2,35)28-33-14-18(15-34-28)20-10-17-11-21-19(7-4-6-16(17)12-24(20)31)25(32)13-22(21)27-23(30)8-5-9-26(27)36-3/h5,7-10,12,14-15,21-22,25,35H,4,6,11,13,32H2,1-3H3/b19-7-/t21?,22-,25+/m0/s1. The maximum Gasteiger partial charge on any atom is 0.159 e. The summed E-state index contributed by atoms with van der Waals surface area (Å²) in [6.07, 6.45) is 8.46. The van der Waals surface area contributed by atoms with Gasteiger partial charge in [0.2, 0.25) is 0 Å². The molecule has 2 aliphatic rings. The highest BCUT2D eigenvalue weighted by Crippen LogP contribution is 2.50. The molecule has 1 heterocycles. The van der Waals surface area contributed by atoms with Crippen molar-refractivity contribution in [1.29, 1.82) is 0 Å². The molecule has 1 saturated carbocycles. The summed E-state index contributed by atoms with van der Waals surface area (Å²) < 4.78 is 21.0. The van der Waals surface area contributed by atoms with Crippen molar-refractivity contribution in [3.05, 3.63) is 87.7 Å². The number of halogens is 2. The van der Waals surface area contributed by atoms with Crippen LogP contribution in [0.25, 0.3) is 11.1 Å². The largest absolute Gasteiger partial charge is 0.496 e. The Morgan fingerprint density at radius 1 is 1.14 bits per heavy atom. The highest BCUT2D eigenvalue weighted by Gasteiger charge is 2.40.